The Morgan fingerprint density at radius 1 is 1.08 bits per heavy atom. The van der Waals surface area contributed by atoms with Crippen molar-refractivity contribution in [2.24, 2.45) is 10.5 Å². The van der Waals surface area contributed by atoms with Gasteiger partial charge in [-0.1, -0.05) is 6.42 Å². The summed E-state index contributed by atoms with van der Waals surface area (Å²) in [4.78, 5) is 80.6. The number of carboxylic acids is 2. The number of carbonyl (C=O) groups excluding carboxylic acids is 4. The number of unbranched alkanes of at least 4 members (excludes halogenated alkanes) is 1. The minimum atomic E-state index is -1.32. The van der Waals surface area contributed by atoms with Crippen LogP contribution in [0.4, 0.5) is 0 Å². The summed E-state index contributed by atoms with van der Waals surface area (Å²) >= 11 is 2.29. The summed E-state index contributed by atoms with van der Waals surface area (Å²) in [5.74, 6) is -3.55. The van der Waals surface area contributed by atoms with Crippen molar-refractivity contribution in [2.75, 3.05) is 18.1 Å². The number of nitroso groups, excluding NO2 is 1. The number of nitrogens with zero attached hydrogens (tertiary/aromatic N) is 1. The van der Waals surface area contributed by atoms with Gasteiger partial charge in [0.1, 0.15) is 18.6 Å². The van der Waals surface area contributed by atoms with Crippen LogP contribution in [0.5, 0.6) is 0 Å². The van der Waals surface area contributed by atoms with E-state index in [-0.39, 0.29) is 37.0 Å². The Labute approximate surface area is 221 Å². The van der Waals surface area contributed by atoms with Crippen LogP contribution in [0.15, 0.2) is 4.58 Å². The average molecular weight is 562 g/mol. The van der Waals surface area contributed by atoms with Crippen molar-refractivity contribution in [1.82, 2.24) is 21.3 Å². The largest absolute Gasteiger partial charge is 0.480 e. The maximum Gasteiger partial charge on any atom is 0.326 e. The van der Waals surface area contributed by atoms with Crippen LogP contribution >= 0.6 is 23.7 Å². The second kappa shape index (κ2) is 15.4. The van der Waals surface area contributed by atoms with Gasteiger partial charge in [-0.15, -0.1) is 4.91 Å². The van der Waals surface area contributed by atoms with Crippen molar-refractivity contribution in [3.63, 3.8) is 0 Å². The molecule has 206 valence electrons. The molecule has 14 nitrogen and oxygen atoms in total. The lowest BCUT2D eigenvalue weighted by Crippen LogP contribution is -2.49. The molecule has 16 heteroatoms. The van der Waals surface area contributed by atoms with Gasteiger partial charge < -0.3 is 31.5 Å². The molecule has 2 rings (SSSR count). The number of thioether (sulfide) groups is 1. The topological polar surface area (TPSA) is 220 Å². The lowest BCUT2D eigenvalue weighted by molar-refractivity contribution is -0.142. The smallest absolute Gasteiger partial charge is 0.326 e. The fraction of sp³-hybridized carbons (Fsp3) is 0.714. The highest BCUT2D eigenvalue weighted by Crippen LogP contribution is 2.40. The zero-order valence-corrected chi connectivity index (χ0v) is 21.6. The van der Waals surface area contributed by atoms with Gasteiger partial charge in [-0.05, 0) is 19.3 Å². The molecule has 0 aromatic heterocycles. The van der Waals surface area contributed by atoms with Crippen LogP contribution in [0.3, 0.4) is 0 Å². The predicted octanol–water partition coefficient (Wildman–Crippen LogP) is -0.383. The Kier molecular flexibility index (Phi) is 12.6. The Hall–Kier alpha value is -2.88. The van der Waals surface area contributed by atoms with E-state index >= 15 is 0 Å². The molecule has 1 unspecified atom stereocenters. The van der Waals surface area contributed by atoms with Crippen molar-refractivity contribution in [1.29, 1.82) is 0 Å². The van der Waals surface area contributed by atoms with E-state index in [1.54, 1.807) is 0 Å². The van der Waals surface area contributed by atoms with Crippen molar-refractivity contribution >= 4 is 59.3 Å². The van der Waals surface area contributed by atoms with Crippen LogP contribution in [0.25, 0.3) is 0 Å². The summed E-state index contributed by atoms with van der Waals surface area (Å²) in [6, 6.07) is -2.33. The van der Waals surface area contributed by atoms with Gasteiger partial charge in [0.05, 0.1) is 0 Å². The molecular formula is C21H31N5O9S2. The Balaban J connectivity index is 1.72. The number of nitrogens with one attached hydrogen (secondary N) is 4. The fourth-order valence-electron chi connectivity index (χ4n) is 4.20. The second-order valence-corrected chi connectivity index (χ2v) is 10.8. The van der Waals surface area contributed by atoms with Gasteiger partial charge >= 0.3 is 11.9 Å². The summed E-state index contributed by atoms with van der Waals surface area (Å²) < 4.78 is 2.54. The molecule has 2 aliphatic heterocycles. The highest BCUT2D eigenvalue weighted by atomic mass is 32.2. The lowest BCUT2D eigenvalue weighted by atomic mass is 9.94. The van der Waals surface area contributed by atoms with E-state index in [9.17, 15) is 38.8 Å². The molecule has 0 aromatic carbocycles. The van der Waals surface area contributed by atoms with Crippen LogP contribution < -0.4 is 21.3 Å². The third-order valence-electron chi connectivity index (χ3n) is 6.05. The number of carbonyl (C=O) groups is 6. The van der Waals surface area contributed by atoms with E-state index in [2.05, 4.69) is 25.8 Å². The number of fused-ring (bicyclic) bond motifs is 1. The quantitative estimate of drug-likeness (QED) is 0.0763. The first-order chi connectivity index (χ1) is 17.6. The van der Waals surface area contributed by atoms with E-state index in [4.69, 9.17) is 5.11 Å². The zero-order valence-electron chi connectivity index (χ0n) is 20.0. The molecule has 2 aliphatic rings. The van der Waals surface area contributed by atoms with Gasteiger partial charge in [0.25, 0.3) is 0 Å². The molecule has 0 spiro atoms. The van der Waals surface area contributed by atoms with Crippen molar-refractivity contribution < 1.29 is 39.0 Å². The number of hydrogen-bond acceptors (Lipinski definition) is 10. The molecule has 2 heterocycles. The lowest BCUT2D eigenvalue weighted by Gasteiger charge is -2.18. The average Bonchev–Trinajstić information content (AvgIpc) is 3.39. The minimum Gasteiger partial charge on any atom is -0.480 e. The van der Waals surface area contributed by atoms with Crippen LogP contribution in [0.1, 0.15) is 44.9 Å². The van der Waals surface area contributed by atoms with Gasteiger partial charge in [-0.25, -0.2) is 4.79 Å². The number of hydrogen-bond donors (Lipinski definition) is 6. The van der Waals surface area contributed by atoms with E-state index < -0.39 is 48.3 Å². The summed E-state index contributed by atoms with van der Waals surface area (Å²) in [5, 5.41) is 28.2. The normalized spacial score (nSPS) is 21.7. The molecule has 0 radical (unpaired) electrons. The van der Waals surface area contributed by atoms with Gasteiger partial charge in [0.2, 0.25) is 23.6 Å². The van der Waals surface area contributed by atoms with Crippen molar-refractivity contribution in [3.8, 4) is 0 Å². The molecule has 4 amide bonds. The van der Waals surface area contributed by atoms with Gasteiger partial charge in [0.15, 0.2) is 0 Å². The van der Waals surface area contributed by atoms with E-state index in [1.807, 2.05) is 11.8 Å². The number of amides is 4. The van der Waals surface area contributed by atoms with E-state index in [0.29, 0.717) is 36.0 Å². The number of aliphatic carboxylic acids is 2. The second-order valence-electron chi connectivity index (χ2n) is 8.76. The number of rotatable bonds is 17. The predicted molar refractivity (Wildman–Crippen MR) is 134 cm³/mol. The minimum absolute atomic E-state index is 0.0851. The summed E-state index contributed by atoms with van der Waals surface area (Å²) in [6.07, 6.45) is 2.28. The summed E-state index contributed by atoms with van der Waals surface area (Å²) in [6.45, 7) is -0.686. The molecule has 2 fully saturated rings. The van der Waals surface area contributed by atoms with Crippen molar-refractivity contribution in [3.05, 3.63) is 4.91 Å². The number of carboxylic acid groups (broad SMARTS) is 2. The molecule has 0 bridgehead atoms. The Bertz CT molecular complexity index is 890. The molecule has 0 saturated carbocycles. The van der Waals surface area contributed by atoms with Gasteiger partial charge in [-0.3, -0.25) is 24.0 Å². The molecular weight excluding hydrogens is 530 g/mol. The molecule has 2 saturated heterocycles. The maximum absolute atomic E-state index is 12.3. The highest BCUT2D eigenvalue weighted by Gasteiger charge is 2.42. The fourth-order valence-corrected chi connectivity index (χ4v) is 6.30. The Morgan fingerprint density at radius 2 is 1.78 bits per heavy atom. The standard InChI is InChI=1S/C21H31N5O9S2/c27-16(4-2-1-3-15-11-7-18(29)24-13(11)9-36-15)23-12(21(33)34)5-6-17(28)25-14(10-37-26-35)20(32)22-8-19(30)31/h11-15H,1-10H2,(H,22,32)(H,23,27)(H,24,29)(H,25,28)(H,30,31)(H,33,34)/t11-,12?,13-,14-,15-/m0/s1. The van der Waals surface area contributed by atoms with Gasteiger partial charge in [0, 0.05) is 64.5 Å². The van der Waals surface area contributed by atoms with E-state index in [1.165, 1.54) is 0 Å². The first-order valence-corrected chi connectivity index (χ1v) is 13.8. The molecule has 0 aliphatic carbocycles. The molecule has 6 N–H and O–H groups in total. The highest BCUT2D eigenvalue weighted by molar-refractivity contribution is 8.00. The van der Waals surface area contributed by atoms with Gasteiger partial charge in [-0.2, -0.15) is 11.8 Å². The molecule has 37 heavy (non-hydrogen) atoms. The van der Waals surface area contributed by atoms with Crippen LogP contribution in [-0.2, 0) is 28.8 Å². The summed E-state index contributed by atoms with van der Waals surface area (Å²) in [7, 11) is 0. The monoisotopic (exact) mass is 561 g/mol. The van der Waals surface area contributed by atoms with Crippen LogP contribution in [-0.4, -0.2) is 87.2 Å². The third-order valence-corrected chi connectivity index (χ3v) is 8.20. The molecule has 0 aromatic rings. The van der Waals surface area contributed by atoms with Crippen LogP contribution in [0, 0.1) is 10.8 Å². The van der Waals surface area contributed by atoms with E-state index in [0.717, 1.165) is 18.6 Å². The summed E-state index contributed by atoms with van der Waals surface area (Å²) in [5.41, 5.74) is 0. The zero-order chi connectivity index (χ0) is 27.4. The molecule has 5 atom stereocenters. The van der Waals surface area contributed by atoms with Crippen LogP contribution in [0.2, 0.25) is 0 Å². The first-order valence-electron chi connectivity index (χ1n) is 11.8. The first kappa shape index (κ1) is 30.3. The SMILES string of the molecule is O=NSC[C@H](NC(=O)CCC(NC(=O)CCCC[C@@H]1SC[C@@H]2NC(=O)C[C@@H]21)C(=O)O)C(=O)NCC(=O)O. The van der Waals surface area contributed by atoms with Crippen molar-refractivity contribution in [2.45, 2.75) is 68.3 Å². The third kappa shape index (κ3) is 10.6. The Morgan fingerprint density at radius 3 is 2.46 bits per heavy atom. The maximum atomic E-state index is 12.3.